The number of hydrogen-bond acceptors (Lipinski definition) is 7. The fourth-order valence-electron chi connectivity index (χ4n) is 2.90. The molecule has 1 saturated carbocycles. The molecule has 1 aliphatic carbocycles. The highest BCUT2D eigenvalue weighted by Gasteiger charge is 2.34. The Labute approximate surface area is 152 Å². The summed E-state index contributed by atoms with van der Waals surface area (Å²) in [6, 6.07) is 3.95. The lowest BCUT2D eigenvalue weighted by atomic mass is 9.75. The first kappa shape index (κ1) is 15.9. The lowest BCUT2D eigenvalue weighted by Crippen LogP contribution is -2.48. The van der Waals surface area contributed by atoms with Crippen LogP contribution in [0.15, 0.2) is 29.0 Å². The molecule has 3 aromatic rings. The van der Waals surface area contributed by atoms with Crippen molar-refractivity contribution in [2.75, 3.05) is 5.32 Å². The average molecular weight is 405 g/mol. The predicted octanol–water partition coefficient (Wildman–Crippen LogP) is 3.28. The van der Waals surface area contributed by atoms with E-state index >= 15 is 0 Å². The highest BCUT2D eigenvalue weighted by atomic mass is 79.9. The van der Waals surface area contributed by atoms with Gasteiger partial charge >= 0.3 is 0 Å². The summed E-state index contributed by atoms with van der Waals surface area (Å²) >= 11 is 5.37. The monoisotopic (exact) mass is 404 g/mol. The van der Waals surface area contributed by atoms with E-state index in [0.29, 0.717) is 6.54 Å². The van der Waals surface area contributed by atoms with Crippen molar-refractivity contribution in [2.45, 2.75) is 37.8 Å². The molecule has 1 fully saturated rings. The number of nitrogens with zero attached hydrogens (tertiary/aromatic N) is 4. The van der Waals surface area contributed by atoms with Gasteiger partial charge in [-0.1, -0.05) is 0 Å². The van der Waals surface area contributed by atoms with Gasteiger partial charge in [0.25, 0.3) is 0 Å². The second-order valence-corrected chi connectivity index (χ2v) is 8.15. The molecule has 3 heterocycles. The van der Waals surface area contributed by atoms with Crippen molar-refractivity contribution >= 4 is 43.3 Å². The Balaban J connectivity index is 1.62. The second kappa shape index (κ2) is 6.34. The van der Waals surface area contributed by atoms with Crippen molar-refractivity contribution in [1.82, 2.24) is 20.4 Å². The summed E-state index contributed by atoms with van der Waals surface area (Å²) in [5.74, 6) is 0.758. The van der Waals surface area contributed by atoms with Crippen LogP contribution in [0.2, 0.25) is 0 Å². The Hall–Kier alpha value is -1.64. The number of anilines is 1. The Morgan fingerprint density at radius 1 is 1.25 bits per heavy atom. The predicted molar refractivity (Wildman–Crippen MR) is 98.9 cm³/mol. The van der Waals surface area contributed by atoms with Gasteiger partial charge in [0, 0.05) is 35.8 Å². The molecule has 6 nitrogen and oxygen atoms in total. The molecule has 0 spiro atoms. The summed E-state index contributed by atoms with van der Waals surface area (Å²) in [6.45, 7) is 0.669. The number of nitrogens with one attached hydrogen (secondary N) is 1. The van der Waals surface area contributed by atoms with Crippen molar-refractivity contribution in [2.24, 2.45) is 5.73 Å². The smallest absolute Gasteiger partial charge is 0.170 e. The Morgan fingerprint density at radius 3 is 2.75 bits per heavy atom. The van der Waals surface area contributed by atoms with E-state index in [1.54, 1.807) is 23.7 Å². The number of pyridine rings is 1. The minimum absolute atomic E-state index is 0.0606. The first-order valence-corrected chi connectivity index (χ1v) is 9.47. The van der Waals surface area contributed by atoms with Crippen LogP contribution in [0.1, 0.15) is 29.7 Å². The van der Waals surface area contributed by atoms with Crippen molar-refractivity contribution in [3.05, 3.63) is 39.4 Å². The number of aromatic nitrogens is 4. The Bertz CT molecular complexity index is 862. The molecule has 0 radical (unpaired) electrons. The molecule has 124 valence electrons. The Kier molecular flexibility index (Phi) is 4.19. The quantitative estimate of drug-likeness (QED) is 0.677. The van der Waals surface area contributed by atoms with Crippen LogP contribution in [0.5, 0.6) is 0 Å². The third kappa shape index (κ3) is 3.01. The molecule has 24 heavy (non-hydrogen) atoms. The number of halogens is 1. The van der Waals surface area contributed by atoms with Gasteiger partial charge in [-0.15, -0.1) is 21.5 Å². The molecular weight excluding hydrogens is 388 g/mol. The van der Waals surface area contributed by atoms with Gasteiger partial charge in [0.15, 0.2) is 5.82 Å². The van der Waals surface area contributed by atoms with E-state index in [1.165, 1.54) is 11.3 Å². The molecule has 0 aliphatic heterocycles. The average Bonchev–Trinajstić information content (AvgIpc) is 2.89. The molecule has 4 rings (SSSR count). The first-order valence-electron chi connectivity index (χ1n) is 7.86. The standard InChI is InChI=1S/C16H17BrN6S/c17-12-11(8-16(18)4-1-5-16)24-14-13(12)21-23-22-15(14)20-9-10-2-6-19-7-3-10/h2-3,6-7H,1,4-5,8-9,18H2,(H,20,21,22). The van der Waals surface area contributed by atoms with E-state index in [0.717, 1.165) is 45.3 Å². The Morgan fingerprint density at radius 2 is 2.04 bits per heavy atom. The van der Waals surface area contributed by atoms with Gasteiger partial charge in [-0.3, -0.25) is 4.98 Å². The summed E-state index contributed by atoms with van der Waals surface area (Å²) in [7, 11) is 0. The van der Waals surface area contributed by atoms with Gasteiger partial charge in [-0.25, -0.2) is 0 Å². The first-order chi connectivity index (χ1) is 11.6. The maximum Gasteiger partial charge on any atom is 0.170 e. The maximum absolute atomic E-state index is 6.41. The van der Waals surface area contributed by atoms with Crippen molar-refractivity contribution < 1.29 is 0 Å². The lowest BCUT2D eigenvalue weighted by Gasteiger charge is -2.37. The van der Waals surface area contributed by atoms with Gasteiger partial charge in [0.1, 0.15) is 10.2 Å². The second-order valence-electron chi connectivity index (χ2n) is 6.26. The number of nitrogens with two attached hydrogens (primary N) is 1. The van der Waals surface area contributed by atoms with E-state index in [1.807, 2.05) is 12.1 Å². The maximum atomic E-state index is 6.41. The molecule has 0 aromatic carbocycles. The van der Waals surface area contributed by atoms with Crippen molar-refractivity contribution in [3.8, 4) is 0 Å². The van der Waals surface area contributed by atoms with E-state index in [4.69, 9.17) is 5.73 Å². The van der Waals surface area contributed by atoms with Crippen LogP contribution in [-0.4, -0.2) is 25.9 Å². The molecule has 0 atom stereocenters. The largest absolute Gasteiger partial charge is 0.363 e. The van der Waals surface area contributed by atoms with E-state index in [2.05, 4.69) is 41.6 Å². The van der Waals surface area contributed by atoms with Crippen molar-refractivity contribution in [3.63, 3.8) is 0 Å². The molecule has 8 heteroatoms. The van der Waals surface area contributed by atoms with Gasteiger partial charge in [0.2, 0.25) is 0 Å². The molecule has 0 bridgehead atoms. The molecular formula is C16H17BrN6S. The van der Waals surface area contributed by atoms with E-state index in [-0.39, 0.29) is 5.54 Å². The van der Waals surface area contributed by atoms with Crippen LogP contribution in [0.4, 0.5) is 5.82 Å². The SMILES string of the molecule is NC1(Cc2sc3c(NCc4ccncc4)nnnc3c2Br)CCC1. The van der Waals surface area contributed by atoms with Crippen LogP contribution in [0.3, 0.4) is 0 Å². The molecule has 0 amide bonds. The molecule has 0 unspecified atom stereocenters. The summed E-state index contributed by atoms with van der Waals surface area (Å²) in [5.41, 5.74) is 8.34. The van der Waals surface area contributed by atoms with Crippen LogP contribution in [0.25, 0.3) is 10.2 Å². The number of rotatable bonds is 5. The van der Waals surface area contributed by atoms with Gasteiger partial charge in [-0.05, 0) is 58.1 Å². The van der Waals surface area contributed by atoms with Gasteiger partial charge in [-0.2, -0.15) is 0 Å². The zero-order valence-corrected chi connectivity index (χ0v) is 15.4. The van der Waals surface area contributed by atoms with Crippen LogP contribution < -0.4 is 11.1 Å². The highest BCUT2D eigenvalue weighted by Crippen LogP contribution is 2.41. The van der Waals surface area contributed by atoms with Gasteiger partial charge < -0.3 is 11.1 Å². The third-order valence-electron chi connectivity index (χ3n) is 4.47. The normalized spacial score (nSPS) is 16.1. The summed E-state index contributed by atoms with van der Waals surface area (Å²) in [4.78, 5) is 5.25. The minimum atomic E-state index is -0.0606. The van der Waals surface area contributed by atoms with Gasteiger partial charge in [0.05, 0.1) is 4.47 Å². The zero-order valence-electron chi connectivity index (χ0n) is 13.0. The lowest BCUT2D eigenvalue weighted by molar-refractivity contribution is 0.249. The summed E-state index contributed by atoms with van der Waals surface area (Å²) < 4.78 is 2.02. The number of hydrogen-bond donors (Lipinski definition) is 2. The molecule has 1 aliphatic rings. The topological polar surface area (TPSA) is 89.6 Å². The van der Waals surface area contributed by atoms with E-state index < -0.39 is 0 Å². The van der Waals surface area contributed by atoms with Crippen molar-refractivity contribution in [1.29, 1.82) is 0 Å². The fraction of sp³-hybridized carbons (Fsp3) is 0.375. The fourth-order valence-corrected chi connectivity index (χ4v) is 4.93. The summed E-state index contributed by atoms with van der Waals surface area (Å²) in [5, 5.41) is 15.6. The number of thiophene rings is 1. The van der Waals surface area contributed by atoms with Crippen LogP contribution in [0, 0.1) is 0 Å². The zero-order chi connectivity index (χ0) is 16.6. The number of fused-ring (bicyclic) bond motifs is 1. The van der Waals surface area contributed by atoms with Crippen LogP contribution >= 0.6 is 27.3 Å². The minimum Gasteiger partial charge on any atom is -0.363 e. The molecule has 3 aromatic heterocycles. The highest BCUT2D eigenvalue weighted by molar-refractivity contribution is 9.10. The third-order valence-corrected chi connectivity index (χ3v) is 6.77. The van der Waals surface area contributed by atoms with E-state index in [9.17, 15) is 0 Å². The van der Waals surface area contributed by atoms with Crippen LogP contribution in [-0.2, 0) is 13.0 Å². The summed E-state index contributed by atoms with van der Waals surface area (Å²) in [6.07, 6.45) is 7.83. The molecule has 3 N–H and O–H groups in total. The molecule has 0 saturated heterocycles.